The molecule has 108 valence electrons. The normalized spacial score (nSPS) is 12.6. The van der Waals surface area contributed by atoms with Crippen LogP contribution >= 0.6 is 11.6 Å². The Morgan fingerprint density at radius 3 is 2.65 bits per heavy atom. The van der Waals surface area contributed by atoms with Crippen molar-refractivity contribution in [3.63, 3.8) is 0 Å². The second kappa shape index (κ2) is 6.74. The second-order valence-electron chi connectivity index (χ2n) is 6.08. The van der Waals surface area contributed by atoms with Gasteiger partial charge in [-0.1, -0.05) is 32.4 Å². The lowest BCUT2D eigenvalue weighted by Crippen LogP contribution is -2.31. The molecule has 0 aliphatic carbocycles. The number of nitrogens with zero attached hydrogens (tertiary/aromatic N) is 1. The molecule has 0 aliphatic rings. The van der Waals surface area contributed by atoms with E-state index in [0.717, 1.165) is 6.42 Å². The highest BCUT2D eigenvalue weighted by atomic mass is 35.5. The van der Waals surface area contributed by atoms with Crippen LogP contribution in [0.15, 0.2) is 18.2 Å². The van der Waals surface area contributed by atoms with Gasteiger partial charge in [0.1, 0.15) is 0 Å². The van der Waals surface area contributed by atoms with Crippen LogP contribution in [0.3, 0.4) is 0 Å². The topological polar surface area (TPSA) is 78.9 Å². The molecule has 0 aromatic heterocycles. The molecule has 1 rings (SSSR count). The SMILES string of the molecule is CC(C)(C)CC(N)CC(=O)Nc1ccc(C#N)cc1Cl. The Morgan fingerprint density at radius 1 is 1.50 bits per heavy atom. The predicted molar refractivity (Wildman–Crippen MR) is 81.5 cm³/mol. The molecule has 0 heterocycles. The smallest absolute Gasteiger partial charge is 0.225 e. The molecule has 20 heavy (non-hydrogen) atoms. The predicted octanol–water partition coefficient (Wildman–Crippen LogP) is 3.30. The van der Waals surface area contributed by atoms with E-state index in [1.54, 1.807) is 12.1 Å². The summed E-state index contributed by atoms with van der Waals surface area (Å²) in [5.74, 6) is -0.173. The van der Waals surface area contributed by atoms with Gasteiger partial charge in [0.25, 0.3) is 0 Å². The summed E-state index contributed by atoms with van der Waals surface area (Å²) in [4.78, 5) is 11.9. The summed E-state index contributed by atoms with van der Waals surface area (Å²) in [7, 11) is 0. The van der Waals surface area contributed by atoms with Crippen molar-refractivity contribution in [3.8, 4) is 6.07 Å². The summed E-state index contributed by atoms with van der Waals surface area (Å²) in [5.41, 5.74) is 7.00. The van der Waals surface area contributed by atoms with E-state index in [2.05, 4.69) is 26.1 Å². The summed E-state index contributed by atoms with van der Waals surface area (Å²) in [5, 5.41) is 11.8. The zero-order chi connectivity index (χ0) is 15.3. The first-order valence-corrected chi connectivity index (χ1v) is 6.84. The molecule has 1 aromatic carbocycles. The summed E-state index contributed by atoms with van der Waals surface area (Å²) in [6.45, 7) is 6.26. The number of hydrogen-bond donors (Lipinski definition) is 2. The van der Waals surface area contributed by atoms with E-state index < -0.39 is 0 Å². The fraction of sp³-hybridized carbons (Fsp3) is 0.467. The van der Waals surface area contributed by atoms with Gasteiger partial charge in [-0.15, -0.1) is 0 Å². The number of amides is 1. The number of rotatable bonds is 4. The van der Waals surface area contributed by atoms with Crippen molar-refractivity contribution in [2.24, 2.45) is 11.1 Å². The van der Waals surface area contributed by atoms with Crippen LogP contribution in [0.25, 0.3) is 0 Å². The third-order valence-corrected chi connectivity index (χ3v) is 3.01. The molecule has 0 saturated carbocycles. The molecule has 4 nitrogen and oxygen atoms in total. The third kappa shape index (κ3) is 5.60. The molecular formula is C15H20ClN3O. The summed E-state index contributed by atoms with van der Waals surface area (Å²) < 4.78 is 0. The van der Waals surface area contributed by atoms with E-state index in [1.165, 1.54) is 6.07 Å². The van der Waals surface area contributed by atoms with Crippen LogP contribution in [0.1, 0.15) is 39.2 Å². The first kappa shape index (κ1) is 16.5. The monoisotopic (exact) mass is 293 g/mol. The van der Waals surface area contributed by atoms with Crippen molar-refractivity contribution in [2.75, 3.05) is 5.32 Å². The molecular weight excluding hydrogens is 274 g/mol. The van der Waals surface area contributed by atoms with Crippen LogP contribution in [0.2, 0.25) is 5.02 Å². The standard InChI is InChI=1S/C15H20ClN3O/c1-15(2,3)8-11(18)7-14(20)19-13-5-4-10(9-17)6-12(13)16/h4-6,11H,7-8,18H2,1-3H3,(H,19,20). The highest BCUT2D eigenvalue weighted by Crippen LogP contribution is 2.24. The Bertz CT molecular complexity index is 529. The van der Waals surface area contributed by atoms with Gasteiger partial charge in [0.2, 0.25) is 5.91 Å². The van der Waals surface area contributed by atoms with Gasteiger partial charge in [-0.3, -0.25) is 4.79 Å². The highest BCUT2D eigenvalue weighted by molar-refractivity contribution is 6.33. The average molecular weight is 294 g/mol. The van der Waals surface area contributed by atoms with Gasteiger partial charge < -0.3 is 11.1 Å². The lowest BCUT2D eigenvalue weighted by molar-refractivity contribution is -0.116. The first-order valence-electron chi connectivity index (χ1n) is 6.46. The van der Waals surface area contributed by atoms with Crippen molar-refractivity contribution >= 4 is 23.2 Å². The van der Waals surface area contributed by atoms with Gasteiger partial charge >= 0.3 is 0 Å². The largest absolute Gasteiger partial charge is 0.327 e. The molecule has 0 fully saturated rings. The number of nitrogens with one attached hydrogen (secondary N) is 1. The van der Waals surface area contributed by atoms with Crippen LogP contribution in [-0.4, -0.2) is 11.9 Å². The van der Waals surface area contributed by atoms with Gasteiger partial charge in [0.15, 0.2) is 0 Å². The number of carbonyl (C=O) groups is 1. The number of halogens is 1. The van der Waals surface area contributed by atoms with E-state index in [0.29, 0.717) is 16.3 Å². The van der Waals surface area contributed by atoms with Gasteiger partial charge in [-0.25, -0.2) is 0 Å². The summed E-state index contributed by atoms with van der Waals surface area (Å²) in [6, 6.07) is 6.55. The van der Waals surface area contributed by atoms with E-state index in [9.17, 15) is 4.79 Å². The minimum atomic E-state index is -0.188. The molecule has 0 bridgehead atoms. The number of anilines is 1. The Morgan fingerprint density at radius 2 is 2.15 bits per heavy atom. The fourth-order valence-electron chi connectivity index (χ4n) is 1.98. The second-order valence-corrected chi connectivity index (χ2v) is 6.49. The maximum Gasteiger partial charge on any atom is 0.225 e. The number of hydrogen-bond acceptors (Lipinski definition) is 3. The van der Waals surface area contributed by atoms with Crippen LogP contribution in [0.5, 0.6) is 0 Å². The lowest BCUT2D eigenvalue weighted by Gasteiger charge is -2.22. The first-order chi connectivity index (χ1) is 9.21. The third-order valence-electron chi connectivity index (χ3n) is 2.69. The molecule has 1 atom stereocenters. The van der Waals surface area contributed by atoms with Gasteiger partial charge in [-0.05, 0) is 30.0 Å². The number of benzene rings is 1. The molecule has 0 saturated heterocycles. The molecule has 1 aromatic rings. The number of nitrogens with two attached hydrogens (primary N) is 1. The molecule has 1 amide bonds. The fourth-order valence-corrected chi connectivity index (χ4v) is 2.21. The molecule has 5 heteroatoms. The average Bonchev–Trinajstić information content (AvgIpc) is 2.28. The summed E-state index contributed by atoms with van der Waals surface area (Å²) in [6.07, 6.45) is 1.01. The van der Waals surface area contributed by atoms with Gasteiger partial charge in [-0.2, -0.15) is 5.26 Å². The minimum Gasteiger partial charge on any atom is -0.327 e. The Balaban J connectivity index is 2.61. The minimum absolute atomic E-state index is 0.0891. The van der Waals surface area contributed by atoms with Crippen molar-refractivity contribution in [2.45, 2.75) is 39.7 Å². The van der Waals surface area contributed by atoms with E-state index >= 15 is 0 Å². The van der Waals surface area contributed by atoms with Gasteiger partial charge in [0.05, 0.1) is 22.3 Å². The molecule has 0 aliphatic heterocycles. The Kier molecular flexibility index (Phi) is 5.55. The Hall–Kier alpha value is -1.57. The molecule has 0 spiro atoms. The van der Waals surface area contributed by atoms with E-state index in [1.807, 2.05) is 6.07 Å². The van der Waals surface area contributed by atoms with Crippen molar-refractivity contribution < 1.29 is 4.79 Å². The molecule has 0 radical (unpaired) electrons. The van der Waals surface area contributed by atoms with E-state index in [4.69, 9.17) is 22.6 Å². The number of nitriles is 1. The molecule has 1 unspecified atom stereocenters. The van der Waals surface area contributed by atoms with Crippen LogP contribution in [0, 0.1) is 16.7 Å². The van der Waals surface area contributed by atoms with E-state index in [-0.39, 0.29) is 23.8 Å². The van der Waals surface area contributed by atoms with Gasteiger partial charge in [0, 0.05) is 12.5 Å². The highest BCUT2D eigenvalue weighted by Gasteiger charge is 2.18. The maximum absolute atomic E-state index is 11.9. The van der Waals surface area contributed by atoms with Crippen LogP contribution in [-0.2, 0) is 4.79 Å². The van der Waals surface area contributed by atoms with Crippen molar-refractivity contribution in [1.29, 1.82) is 5.26 Å². The zero-order valence-electron chi connectivity index (χ0n) is 12.0. The number of carbonyl (C=O) groups excluding carboxylic acids is 1. The molecule has 3 N–H and O–H groups in total. The van der Waals surface area contributed by atoms with Crippen molar-refractivity contribution in [3.05, 3.63) is 28.8 Å². The Labute approximate surface area is 124 Å². The van der Waals surface area contributed by atoms with Crippen LogP contribution in [0.4, 0.5) is 5.69 Å². The maximum atomic E-state index is 11.9. The van der Waals surface area contributed by atoms with Crippen molar-refractivity contribution in [1.82, 2.24) is 0 Å². The van der Waals surface area contributed by atoms with Crippen LogP contribution < -0.4 is 11.1 Å². The lowest BCUT2D eigenvalue weighted by atomic mass is 9.87. The summed E-state index contributed by atoms with van der Waals surface area (Å²) >= 11 is 6.00. The quantitative estimate of drug-likeness (QED) is 0.894. The zero-order valence-corrected chi connectivity index (χ0v) is 12.8.